The molecular weight excluding hydrogens is 634 g/mol. The topological polar surface area (TPSA) is 95.9 Å². The number of hydrogen-bond acceptors (Lipinski definition) is 5. The molecule has 294 valence electrons. The van der Waals surface area contributed by atoms with Gasteiger partial charge in [-0.25, -0.2) is 0 Å². The highest BCUT2D eigenvalue weighted by atomic mass is 16.5. The van der Waals surface area contributed by atoms with Crippen molar-refractivity contribution in [3.05, 3.63) is 60.8 Å². The zero-order chi connectivity index (χ0) is 37.5. The molecule has 6 heteroatoms. The molecular formula is C45H79NO5. The number of carbonyl (C=O) groups is 2. The van der Waals surface area contributed by atoms with Crippen molar-refractivity contribution in [2.24, 2.45) is 0 Å². The Hall–Kier alpha value is -2.44. The van der Waals surface area contributed by atoms with E-state index in [1.165, 1.54) is 96.3 Å². The lowest BCUT2D eigenvalue weighted by Gasteiger charge is -2.24. The summed E-state index contributed by atoms with van der Waals surface area (Å²) in [6, 6.07) is -0.735. The van der Waals surface area contributed by atoms with Gasteiger partial charge in [0.15, 0.2) is 0 Å². The molecule has 3 unspecified atom stereocenters. The summed E-state index contributed by atoms with van der Waals surface area (Å²) >= 11 is 0. The van der Waals surface area contributed by atoms with Crippen LogP contribution < -0.4 is 5.32 Å². The Balaban J connectivity index is 4.77. The standard InChI is InChI=1S/C45H79NO5/c1-4-7-10-13-16-19-21-23-26-29-32-35-38-45(50)51-41(36-33-30-27-25-22-20-17-14-11-8-5-2)39-44(49)46-42(40-47)43(48)37-34-31-28-24-18-15-12-9-6-3/h8,11,14,17,20,22,25,27,30,33,41-43,47-48H,4-7,9-10,12-13,15-16,18-19,21,23-24,26,28-29,31-32,34-40H2,1-3H3,(H,46,49)/b11-8+,17-14+,22-20-,27-25-,33-30+. The number of nitrogens with one attached hydrogen (secondary N) is 1. The number of hydrogen-bond donors (Lipinski definition) is 3. The number of rotatable bonds is 36. The largest absolute Gasteiger partial charge is 0.461 e. The molecule has 6 nitrogen and oxygen atoms in total. The molecule has 0 aromatic rings. The van der Waals surface area contributed by atoms with E-state index < -0.39 is 18.2 Å². The summed E-state index contributed by atoms with van der Waals surface area (Å²) in [6.45, 7) is 6.24. The van der Waals surface area contributed by atoms with Crippen molar-refractivity contribution in [2.45, 2.75) is 206 Å². The Morgan fingerprint density at radius 3 is 1.49 bits per heavy atom. The summed E-state index contributed by atoms with van der Waals surface area (Å²) in [6.07, 6.45) is 45.9. The number of aliphatic hydroxyl groups is 2. The molecule has 0 fully saturated rings. The predicted molar refractivity (Wildman–Crippen MR) is 218 cm³/mol. The molecule has 0 aromatic carbocycles. The highest BCUT2D eigenvalue weighted by molar-refractivity contribution is 5.77. The maximum atomic E-state index is 13.0. The fourth-order valence-corrected chi connectivity index (χ4v) is 6.04. The quantitative estimate of drug-likeness (QED) is 0.0341. The second-order valence-corrected chi connectivity index (χ2v) is 14.2. The van der Waals surface area contributed by atoms with Crippen molar-refractivity contribution in [2.75, 3.05) is 6.61 Å². The number of esters is 1. The van der Waals surface area contributed by atoms with Crippen LogP contribution in [0.15, 0.2) is 60.8 Å². The molecule has 0 bridgehead atoms. The molecule has 0 heterocycles. The summed E-state index contributed by atoms with van der Waals surface area (Å²) < 4.78 is 5.79. The molecule has 0 aliphatic rings. The van der Waals surface area contributed by atoms with Crippen molar-refractivity contribution in [1.29, 1.82) is 0 Å². The van der Waals surface area contributed by atoms with Gasteiger partial charge in [0.1, 0.15) is 6.10 Å². The van der Waals surface area contributed by atoms with E-state index in [2.05, 4.69) is 32.2 Å². The first-order valence-corrected chi connectivity index (χ1v) is 21.1. The van der Waals surface area contributed by atoms with Gasteiger partial charge >= 0.3 is 5.97 Å². The van der Waals surface area contributed by atoms with Gasteiger partial charge in [-0.05, 0) is 19.3 Å². The average Bonchev–Trinajstić information content (AvgIpc) is 3.12. The van der Waals surface area contributed by atoms with Gasteiger partial charge in [0.05, 0.1) is 25.2 Å². The molecule has 51 heavy (non-hydrogen) atoms. The lowest BCUT2D eigenvalue weighted by molar-refractivity contribution is -0.150. The van der Waals surface area contributed by atoms with Crippen molar-refractivity contribution in [1.82, 2.24) is 5.32 Å². The minimum absolute atomic E-state index is 0.0184. The van der Waals surface area contributed by atoms with Crippen molar-refractivity contribution in [3.63, 3.8) is 0 Å². The van der Waals surface area contributed by atoms with Crippen molar-refractivity contribution in [3.8, 4) is 0 Å². The van der Waals surface area contributed by atoms with Crippen molar-refractivity contribution < 1.29 is 24.5 Å². The second-order valence-electron chi connectivity index (χ2n) is 14.2. The van der Waals surface area contributed by atoms with E-state index in [0.717, 1.165) is 44.9 Å². The van der Waals surface area contributed by atoms with Crippen LogP contribution in [-0.4, -0.2) is 46.9 Å². The van der Waals surface area contributed by atoms with Crippen LogP contribution in [-0.2, 0) is 14.3 Å². The second kappa shape index (κ2) is 38.8. The third-order valence-corrected chi connectivity index (χ3v) is 9.24. The summed E-state index contributed by atoms with van der Waals surface area (Å²) in [4.78, 5) is 25.8. The summed E-state index contributed by atoms with van der Waals surface area (Å²) in [5, 5.41) is 23.4. The Bertz CT molecular complexity index is 937. The van der Waals surface area contributed by atoms with Crippen LogP contribution in [0.4, 0.5) is 0 Å². The molecule has 0 spiro atoms. The summed E-state index contributed by atoms with van der Waals surface area (Å²) in [5.74, 6) is -0.612. The molecule has 0 radical (unpaired) electrons. The molecule has 1 amide bonds. The zero-order valence-electron chi connectivity index (χ0n) is 33.2. The van der Waals surface area contributed by atoms with Crippen LogP contribution in [0.5, 0.6) is 0 Å². The highest BCUT2D eigenvalue weighted by Crippen LogP contribution is 2.15. The monoisotopic (exact) mass is 714 g/mol. The first-order chi connectivity index (χ1) is 25.0. The van der Waals surface area contributed by atoms with E-state index in [0.29, 0.717) is 19.3 Å². The SMILES string of the molecule is CC/C=C/C=C/C=C\C=C/C=C/CC(CC(=O)NC(CO)C(O)CCCCCCCCCCC)OC(=O)CCCCCCCCCCCCCC. The van der Waals surface area contributed by atoms with Gasteiger partial charge in [-0.3, -0.25) is 9.59 Å². The fourth-order valence-electron chi connectivity index (χ4n) is 6.04. The molecule has 3 N–H and O–H groups in total. The van der Waals surface area contributed by atoms with Crippen LogP contribution in [0.3, 0.4) is 0 Å². The number of unbranched alkanes of at least 4 members (excludes halogenated alkanes) is 19. The van der Waals surface area contributed by atoms with Gasteiger partial charge in [-0.2, -0.15) is 0 Å². The van der Waals surface area contributed by atoms with Gasteiger partial charge in [-0.1, -0.05) is 210 Å². The minimum Gasteiger partial charge on any atom is -0.461 e. The zero-order valence-corrected chi connectivity index (χ0v) is 33.2. The normalized spacial score (nSPS) is 14.1. The highest BCUT2D eigenvalue weighted by Gasteiger charge is 2.23. The lowest BCUT2D eigenvalue weighted by Crippen LogP contribution is -2.46. The Kier molecular flexibility index (Phi) is 36.9. The van der Waals surface area contributed by atoms with Crippen molar-refractivity contribution >= 4 is 11.9 Å². The lowest BCUT2D eigenvalue weighted by atomic mass is 10.0. The van der Waals surface area contributed by atoms with Crippen LogP contribution in [0.1, 0.15) is 188 Å². The smallest absolute Gasteiger partial charge is 0.306 e. The number of carbonyl (C=O) groups excluding carboxylic acids is 2. The molecule has 0 saturated carbocycles. The Morgan fingerprint density at radius 1 is 0.588 bits per heavy atom. The number of aliphatic hydroxyl groups excluding tert-OH is 2. The van der Waals surface area contributed by atoms with Gasteiger partial charge in [0, 0.05) is 12.8 Å². The van der Waals surface area contributed by atoms with Crippen LogP contribution >= 0.6 is 0 Å². The number of amides is 1. The summed E-state index contributed by atoms with van der Waals surface area (Å²) in [7, 11) is 0. The molecule has 0 aromatic heterocycles. The molecule has 3 atom stereocenters. The molecule has 0 saturated heterocycles. The van der Waals surface area contributed by atoms with Gasteiger partial charge in [0.2, 0.25) is 5.91 Å². The van der Waals surface area contributed by atoms with E-state index >= 15 is 0 Å². The third kappa shape index (κ3) is 34.4. The first-order valence-electron chi connectivity index (χ1n) is 21.1. The maximum Gasteiger partial charge on any atom is 0.306 e. The Labute approximate surface area is 314 Å². The maximum absolute atomic E-state index is 13.0. The van der Waals surface area contributed by atoms with Gasteiger partial charge < -0.3 is 20.3 Å². The summed E-state index contributed by atoms with van der Waals surface area (Å²) in [5.41, 5.74) is 0. The number of ether oxygens (including phenoxy) is 1. The van der Waals surface area contributed by atoms with Gasteiger partial charge in [-0.15, -0.1) is 0 Å². The average molecular weight is 714 g/mol. The fraction of sp³-hybridized carbons (Fsp3) is 0.733. The van der Waals surface area contributed by atoms with Crippen LogP contribution in [0, 0.1) is 0 Å². The third-order valence-electron chi connectivity index (χ3n) is 9.24. The minimum atomic E-state index is -0.814. The first kappa shape index (κ1) is 48.6. The van der Waals surface area contributed by atoms with Crippen LogP contribution in [0.2, 0.25) is 0 Å². The molecule has 0 aliphatic carbocycles. The van der Waals surface area contributed by atoms with E-state index in [9.17, 15) is 19.8 Å². The predicted octanol–water partition coefficient (Wildman–Crippen LogP) is 11.7. The van der Waals surface area contributed by atoms with E-state index in [-0.39, 0.29) is 24.9 Å². The van der Waals surface area contributed by atoms with E-state index in [1.807, 2.05) is 54.7 Å². The number of allylic oxidation sites excluding steroid dienone is 9. The Morgan fingerprint density at radius 2 is 1.02 bits per heavy atom. The van der Waals surface area contributed by atoms with Crippen LogP contribution in [0.25, 0.3) is 0 Å². The van der Waals surface area contributed by atoms with E-state index in [1.54, 1.807) is 0 Å². The van der Waals surface area contributed by atoms with E-state index in [4.69, 9.17) is 4.74 Å². The molecule has 0 rings (SSSR count). The van der Waals surface area contributed by atoms with Gasteiger partial charge in [0.25, 0.3) is 0 Å². The molecule has 0 aliphatic heterocycles.